The number of hydrogen-bond acceptors (Lipinski definition) is 3. The Labute approximate surface area is 81.1 Å². The standard InChI is InChI=1S/C10H10N2O2/c13-12(14)7-1-2-8-9(5-7)11-6-10(8)3-4-10/h1-2,5,11H,3-4,6H2. The molecule has 0 unspecified atom stereocenters. The van der Waals surface area contributed by atoms with Crippen LogP contribution < -0.4 is 5.32 Å². The van der Waals surface area contributed by atoms with Gasteiger partial charge in [-0.1, -0.05) is 0 Å². The molecule has 0 amide bonds. The van der Waals surface area contributed by atoms with Crippen LogP contribution in [0.25, 0.3) is 0 Å². The predicted molar refractivity (Wildman–Crippen MR) is 52.5 cm³/mol. The molecule has 3 rings (SSSR count). The van der Waals surface area contributed by atoms with Crippen molar-refractivity contribution in [2.45, 2.75) is 18.3 Å². The fourth-order valence-electron chi connectivity index (χ4n) is 2.21. The quantitative estimate of drug-likeness (QED) is 0.544. The molecule has 1 aliphatic heterocycles. The third kappa shape index (κ3) is 0.880. The third-order valence-corrected chi connectivity index (χ3v) is 3.26. The van der Waals surface area contributed by atoms with Crippen molar-refractivity contribution in [3.05, 3.63) is 33.9 Å². The van der Waals surface area contributed by atoms with E-state index in [1.54, 1.807) is 12.1 Å². The number of nitrogens with one attached hydrogen (secondary N) is 1. The number of nitro groups is 1. The maximum atomic E-state index is 10.6. The number of non-ortho nitro benzene ring substituents is 1. The Bertz CT molecular complexity index is 424. The molecule has 14 heavy (non-hydrogen) atoms. The topological polar surface area (TPSA) is 55.2 Å². The van der Waals surface area contributed by atoms with Crippen LogP contribution in [-0.2, 0) is 5.41 Å². The first kappa shape index (κ1) is 7.79. The Morgan fingerprint density at radius 1 is 1.43 bits per heavy atom. The molecule has 1 aromatic carbocycles. The van der Waals surface area contributed by atoms with Crippen LogP contribution in [-0.4, -0.2) is 11.5 Å². The van der Waals surface area contributed by atoms with E-state index in [0.717, 1.165) is 12.2 Å². The lowest BCUT2D eigenvalue weighted by Gasteiger charge is -2.04. The summed E-state index contributed by atoms with van der Waals surface area (Å²) < 4.78 is 0. The summed E-state index contributed by atoms with van der Waals surface area (Å²) in [6.45, 7) is 0.948. The Hall–Kier alpha value is -1.58. The van der Waals surface area contributed by atoms with Crippen LogP contribution in [0.2, 0.25) is 0 Å². The summed E-state index contributed by atoms with van der Waals surface area (Å²) in [7, 11) is 0. The van der Waals surface area contributed by atoms with Gasteiger partial charge in [0.15, 0.2) is 0 Å². The van der Waals surface area contributed by atoms with E-state index in [-0.39, 0.29) is 10.6 Å². The summed E-state index contributed by atoms with van der Waals surface area (Å²) in [5.41, 5.74) is 2.72. The third-order valence-electron chi connectivity index (χ3n) is 3.26. The minimum absolute atomic E-state index is 0.175. The summed E-state index contributed by atoms with van der Waals surface area (Å²) in [4.78, 5) is 10.2. The van der Waals surface area contributed by atoms with Crippen LogP contribution in [0.1, 0.15) is 18.4 Å². The molecule has 2 aliphatic rings. The average Bonchev–Trinajstić information content (AvgIpc) is 2.85. The second-order valence-electron chi connectivity index (χ2n) is 4.12. The Kier molecular flexibility index (Phi) is 1.26. The molecular formula is C10H10N2O2. The Balaban J connectivity index is 2.09. The molecular weight excluding hydrogens is 180 g/mol. The molecule has 0 bridgehead atoms. The molecule has 1 saturated carbocycles. The summed E-state index contributed by atoms with van der Waals surface area (Å²) in [6.07, 6.45) is 2.43. The highest BCUT2D eigenvalue weighted by Crippen LogP contribution is 2.54. The zero-order chi connectivity index (χ0) is 9.76. The van der Waals surface area contributed by atoms with Crippen molar-refractivity contribution in [2.24, 2.45) is 0 Å². The van der Waals surface area contributed by atoms with Crippen molar-refractivity contribution in [1.82, 2.24) is 0 Å². The normalized spacial score (nSPS) is 20.3. The van der Waals surface area contributed by atoms with Crippen molar-refractivity contribution >= 4 is 11.4 Å². The number of nitro benzene ring substituents is 1. The smallest absolute Gasteiger partial charge is 0.271 e. The zero-order valence-electron chi connectivity index (χ0n) is 7.62. The van der Waals surface area contributed by atoms with Gasteiger partial charge >= 0.3 is 0 Å². The summed E-state index contributed by atoms with van der Waals surface area (Å²) in [5, 5.41) is 13.8. The molecule has 0 radical (unpaired) electrons. The van der Waals surface area contributed by atoms with Gasteiger partial charge in [-0.05, 0) is 24.5 Å². The van der Waals surface area contributed by atoms with Gasteiger partial charge in [0.2, 0.25) is 0 Å². The minimum Gasteiger partial charge on any atom is -0.384 e. The first-order chi connectivity index (χ1) is 6.71. The molecule has 4 nitrogen and oxygen atoms in total. The molecule has 1 heterocycles. The molecule has 1 aliphatic carbocycles. The van der Waals surface area contributed by atoms with E-state index in [1.165, 1.54) is 18.4 Å². The van der Waals surface area contributed by atoms with Gasteiger partial charge in [0.1, 0.15) is 0 Å². The predicted octanol–water partition coefficient (Wildman–Crippen LogP) is 2.05. The summed E-state index contributed by atoms with van der Waals surface area (Å²) in [6, 6.07) is 5.15. The number of benzene rings is 1. The highest BCUT2D eigenvalue weighted by atomic mass is 16.6. The lowest BCUT2D eigenvalue weighted by atomic mass is 9.98. The molecule has 0 saturated heterocycles. The van der Waals surface area contributed by atoms with Crippen LogP contribution >= 0.6 is 0 Å². The molecule has 1 aromatic rings. The molecule has 72 valence electrons. The lowest BCUT2D eigenvalue weighted by Crippen LogP contribution is -2.07. The first-order valence-electron chi connectivity index (χ1n) is 4.74. The van der Waals surface area contributed by atoms with E-state index in [4.69, 9.17) is 0 Å². The monoisotopic (exact) mass is 190 g/mol. The summed E-state index contributed by atoms with van der Waals surface area (Å²) in [5.74, 6) is 0. The van der Waals surface area contributed by atoms with Crippen LogP contribution in [0.5, 0.6) is 0 Å². The zero-order valence-corrected chi connectivity index (χ0v) is 7.62. The molecule has 1 spiro atoms. The van der Waals surface area contributed by atoms with Gasteiger partial charge in [0.05, 0.1) is 4.92 Å². The SMILES string of the molecule is O=[N+]([O-])c1ccc2c(c1)NCC21CC1. The molecule has 1 fully saturated rings. The van der Waals surface area contributed by atoms with E-state index >= 15 is 0 Å². The highest BCUT2D eigenvalue weighted by molar-refractivity contribution is 5.66. The lowest BCUT2D eigenvalue weighted by molar-refractivity contribution is -0.384. The second-order valence-corrected chi connectivity index (χ2v) is 4.12. The van der Waals surface area contributed by atoms with E-state index in [1.807, 2.05) is 6.07 Å². The van der Waals surface area contributed by atoms with E-state index < -0.39 is 0 Å². The second kappa shape index (κ2) is 2.26. The highest BCUT2D eigenvalue weighted by Gasteiger charge is 2.49. The number of hydrogen-bond donors (Lipinski definition) is 1. The largest absolute Gasteiger partial charge is 0.384 e. The number of anilines is 1. The maximum absolute atomic E-state index is 10.6. The molecule has 1 N–H and O–H groups in total. The molecule has 4 heteroatoms. The Morgan fingerprint density at radius 2 is 2.21 bits per heavy atom. The molecule has 0 aromatic heterocycles. The van der Waals surface area contributed by atoms with Crippen molar-refractivity contribution in [1.29, 1.82) is 0 Å². The van der Waals surface area contributed by atoms with Gasteiger partial charge in [0.25, 0.3) is 5.69 Å². The van der Waals surface area contributed by atoms with Crippen LogP contribution in [0.4, 0.5) is 11.4 Å². The molecule has 0 atom stereocenters. The van der Waals surface area contributed by atoms with E-state index in [2.05, 4.69) is 5.32 Å². The Morgan fingerprint density at radius 3 is 2.86 bits per heavy atom. The first-order valence-corrected chi connectivity index (χ1v) is 4.74. The van der Waals surface area contributed by atoms with Gasteiger partial charge in [-0.3, -0.25) is 10.1 Å². The summed E-state index contributed by atoms with van der Waals surface area (Å²) >= 11 is 0. The van der Waals surface area contributed by atoms with Crippen LogP contribution in [0.15, 0.2) is 18.2 Å². The van der Waals surface area contributed by atoms with Crippen molar-refractivity contribution < 1.29 is 4.92 Å². The maximum Gasteiger partial charge on any atom is 0.271 e. The van der Waals surface area contributed by atoms with Gasteiger partial charge < -0.3 is 5.32 Å². The number of rotatable bonds is 1. The van der Waals surface area contributed by atoms with E-state index in [0.29, 0.717) is 5.41 Å². The number of nitrogens with zero attached hydrogens (tertiary/aromatic N) is 1. The van der Waals surface area contributed by atoms with Gasteiger partial charge in [0, 0.05) is 29.8 Å². The number of fused-ring (bicyclic) bond motifs is 2. The van der Waals surface area contributed by atoms with Crippen molar-refractivity contribution in [2.75, 3.05) is 11.9 Å². The van der Waals surface area contributed by atoms with E-state index in [9.17, 15) is 10.1 Å². The average molecular weight is 190 g/mol. The van der Waals surface area contributed by atoms with Gasteiger partial charge in [-0.2, -0.15) is 0 Å². The van der Waals surface area contributed by atoms with Crippen molar-refractivity contribution in [3.8, 4) is 0 Å². The van der Waals surface area contributed by atoms with Crippen LogP contribution in [0.3, 0.4) is 0 Å². The fourth-order valence-corrected chi connectivity index (χ4v) is 2.21. The van der Waals surface area contributed by atoms with Crippen LogP contribution in [0, 0.1) is 10.1 Å². The minimum atomic E-state index is -0.347. The van der Waals surface area contributed by atoms with Gasteiger partial charge in [-0.25, -0.2) is 0 Å². The van der Waals surface area contributed by atoms with Gasteiger partial charge in [-0.15, -0.1) is 0 Å². The van der Waals surface area contributed by atoms with Crippen molar-refractivity contribution in [3.63, 3.8) is 0 Å². The fraction of sp³-hybridized carbons (Fsp3) is 0.400.